The number of unbranched alkanes of at least 4 members (excludes halogenated alkanes) is 5. The Bertz CT molecular complexity index is 251. The van der Waals surface area contributed by atoms with E-state index in [4.69, 9.17) is 4.52 Å². The molecule has 0 amide bonds. The van der Waals surface area contributed by atoms with Gasteiger partial charge in [0.15, 0.2) is 0 Å². The topological polar surface area (TPSA) is 46.5 Å². The Balaban J connectivity index is 3.58. The van der Waals surface area contributed by atoms with Gasteiger partial charge in [-0.3, -0.25) is 4.57 Å². The Hall–Kier alpha value is 0.110. The summed E-state index contributed by atoms with van der Waals surface area (Å²) in [7, 11) is 2.78. The Morgan fingerprint density at radius 3 is 2.17 bits per heavy atom. The van der Waals surface area contributed by atoms with Crippen LogP contribution < -0.4 is 0 Å². The van der Waals surface area contributed by atoms with E-state index in [-0.39, 0.29) is 0 Å². The first kappa shape index (κ1) is 18.1. The average molecular weight is 280 g/mol. The van der Waals surface area contributed by atoms with Gasteiger partial charge in [0, 0.05) is 6.16 Å². The predicted octanol–water partition coefficient (Wildman–Crippen LogP) is 3.26. The lowest BCUT2D eigenvalue weighted by molar-refractivity contribution is -0.870. The second kappa shape index (κ2) is 9.08. The van der Waals surface area contributed by atoms with Gasteiger partial charge in [0.2, 0.25) is 0 Å². The molecule has 110 valence electrons. The van der Waals surface area contributed by atoms with Crippen molar-refractivity contribution < 1.29 is 18.5 Å². The zero-order chi connectivity index (χ0) is 14.1. The molecule has 0 heterocycles. The molecule has 0 rings (SSSR count). The molecule has 0 aromatic carbocycles. The van der Waals surface area contributed by atoms with Crippen molar-refractivity contribution in [3.05, 3.63) is 0 Å². The van der Waals surface area contributed by atoms with Crippen LogP contribution in [0.1, 0.15) is 45.4 Å². The van der Waals surface area contributed by atoms with Crippen LogP contribution in [-0.2, 0) is 9.09 Å². The molecule has 1 unspecified atom stereocenters. The molecule has 0 aromatic heterocycles. The summed E-state index contributed by atoms with van der Waals surface area (Å²) >= 11 is 0. The Labute approximate surface area is 112 Å². The van der Waals surface area contributed by atoms with Crippen molar-refractivity contribution in [2.24, 2.45) is 0 Å². The van der Waals surface area contributed by atoms with Gasteiger partial charge in [-0.15, -0.1) is 0 Å². The fraction of sp³-hybridized carbons (Fsp3) is 1.00. The number of quaternary nitrogens is 1. The zero-order valence-electron chi connectivity index (χ0n) is 12.5. The fourth-order valence-corrected chi connectivity index (χ4v) is 2.73. The van der Waals surface area contributed by atoms with Crippen LogP contribution in [-0.4, -0.2) is 49.8 Å². The van der Waals surface area contributed by atoms with Gasteiger partial charge in [0.1, 0.15) is 13.2 Å². The Kier molecular flexibility index (Phi) is 9.14. The molecular formula is C13H31NO3P+. The van der Waals surface area contributed by atoms with Gasteiger partial charge in [0.25, 0.3) is 0 Å². The molecular weight excluding hydrogens is 249 g/mol. The molecule has 0 aliphatic rings. The number of hydrogen-bond acceptors (Lipinski definition) is 2. The van der Waals surface area contributed by atoms with E-state index in [1.807, 2.05) is 21.1 Å². The summed E-state index contributed by atoms with van der Waals surface area (Å²) in [6, 6.07) is 0. The maximum atomic E-state index is 11.7. The van der Waals surface area contributed by atoms with Crippen LogP contribution in [0, 0.1) is 0 Å². The second-order valence-electron chi connectivity index (χ2n) is 5.98. The van der Waals surface area contributed by atoms with Gasteiger partial charge in [-0.2, -0.15) is 0 Å². The van der Waals surface area contributed by atoms with E-state index in [0.29, 0.717) is 12.8 Å². The Morgan fingerprint density at radius 1 is 1.06 bits per heavy atom. The van der Waals surface area contributed by atoms with E-state index in [1.165, 1.54) is 19.3 Å². The maximum absolute atomic E-state index is 11.7. The highest BCUT2D eigenvalue weighted by atomic mass is 31.2. The van der Waals surface area contributed by atoms with Gasteiger partial charge in [-0.05, 0) is 6.42 Å². The fourth-order valence-electron chi connectivity index (χ4n) is 1.61. The van der Waals surface area contributed by atoms with E-state index in [9.17, 15) is 9.46 Å². The largest absolute Gasteiger partial charge is 0.329 e. The molecule has 5 heteroatoms. The monoisotopic (exact) mass is 280 g/mol. The lowest BCUT2D eigenvalue weighted by atomic mass is 10.1. The molecule has 0 saturated heterocycles. The highest BCUT2D eigenvalue weighted by molar-refractivity contribution is 7.52. The van der Waals surface area contributed by atoms with Crippen LogP contribution in [0.2, 0.25) is 0 Å². The van der Waals surface area contributed by atoms with Crippen LogP contribution >= 0.6 is 7.60 Å². The molecule has 0 aliphatic heterocycles. The number of hydrogen-bond donors (Lipinski definition) is 1. The van der Waals surface area contributed by atoms with Crippen molar-refractivity contribution in [2.75, 3.05) is 40.5 Å². The molecule has 0 aliphatic carbocycles. The lowest BCUT2D eigenvalue weighted by Crippen LogP contribution is -2.37. The van der Waals surface area contributed by atoms with E-state index < -0.39 is 7.60 Å². The van der Waals surface area contributed by atoms with Crippen molar-refractivity contribution in [1.82, 2.24) is 0 Å². The zero-order valence-corrected chi connectivity index (χ0v) is 13.4. The van der Waals surface area contributed by atoms with Crippen LogP contribution in [0.15, 0.2) is 0 Å². The smallest absolute Gasteiger partial charge is 0.328 e. The maximum Gasteiger partial charge on any atom is 0.328 e. The van der Waals surface area contributed by atoms with Crippen LogP contribution in [0.25, 0.3) is 0 Å². The molecule has 4 nitrogen and oxygen atoms in total. The van der Waals surface area contributed by atoms with E-state index >= 15 is 0 Å². The molecule has 1 N–H and O–H groups in total. The quantitative estimate of drug-likeness (QED) is 0.359. The standard InChI is InChI=1S/C13H30NO3P/c1-5-6-7-8-9-10-13-18(15,16)17-12-11-14(2,3)4/h5-13H2,1-4H3/p+1. The van der Waals surface area contributed by atoms with Gasteiger partial charge in [-0.25, -0.2) is 0 Å². The third-order valence-electron chi connectivity index (χ3n) is 2.85. The molecule has 0 spiro atoms. The third-order valence-corrected chi connectivity index (χ3v) is 4.32. The van der Waals surface area contributed by atoms with Gasteiger partial charge >= 0.3 is 7.60 Å². The van der Waals surface area contributed by atoms with Crippen molar-refractivity contribution in [1.29, 1.82) is 0 Å². The Morgan fingerprint density at radius 2 is 1.61 bits per heavy atom. The summed E-state index contributed by atoms with van der Waals surface area (Å²) in [4.78, 5) is 9.64. The molecule has 0 saturated carbocycles. The summed E-state index contributed by atoms with van der Waals surface area (Å²) in [5.41, 5.74) is 0. The highest BCUT2D eigenvalue weighted by Gasteiger charge is 2.19. The minimum absolute atomic E-state index is 0.302. The molecule has 0 radical (unpaired) electrons. The van der Waals surface area contributed by atoms with Crippen molar-refractivity contribution in [3.8, 4) is 0 Å². The first-order valence-corrected chi connectivity index (χ1v) is 8.80. The summed E-state index contributed by atoms with van der Waals surface area (Å²) in [6.45, 7) is 3.29. The first-order chi connectivity index (χ1) is 8.27. The molecule has 0 bridgehead atoms. The highest BCUT2D eigenvalue weighted by Crippen LogP contribution is 2.42. The van der Waals surface area contributed by atoms with Crippen molar-refractivity contribution in [3.63, 3.8) is 0 Å². The number of rotatable bonds is 11. The van der Waals surface area contributed by atoms with Gasteiger partial charge in [-0.1, -0.05) is 39.0 Å². The second-order valence-corrected chi connectivity index (χ2v) is 7.96. The minimum atomic E-state index is -3.34. The normalized spacial score (nSPS) is 15.6. The average Bonchev–Trinajstić information content (AvgIpc) is 2.21. The SMILES string of the molecule is CCCCCCCCP(=O)(O)OCC[N+](C)(C)C. The molecule has 1 atom stereocenters. The summed E-state index contributed by atoms with van der Waals surface area (Å²) in [5, 5.41) is 0. The van der Waals surface area contributed by atoms with Crippen LogP contribution in [0.3, 0.4) is 0 Å². The molecule has 0 fully saturated rings. The third kappa shape index (κ3) is 12.6. The number of likely N-dealkylation sites (N-methyl/N-ethyl adjacent to an activating group) is 1. The molecule has 18 heavy (non-hydrogen) atoms. The van der Waals surface area contributed by atoms with Gasteiger partial charge < -0.3 is 13.9 Å². The summed E-state index contributed by atoms with van der Waals surface area (Å²) < 4.78 is 17.6. The van der Waals surface area contributed by atoms with E-state index in [2.05, 4.69) is 6.92 Å². The first-order valence-electron chi connectivity index (χ1n) is 7.04. The summed E-state index contributed by atoms with van der Waals surface area (Å²) in [5.74, 6) is 0. The van der Waals surface area contributed by atoms with Crippen molar-refractivity contribution in [2.45, 2.75) is 45.4 Å². The summed E-state index contributed by atoms with van der Waals surface area (Å²) in [6.07, 6.45) is 7.01. The minimum Gasteiger partial charge on any atom is -0.329 e. The van der Waals surface area contributed by atoms with Crippen LogP contribution in [0.4, 0.5) is 0 Å². The predicted molar refractivity (Wildman–Crippen MR) is 76.9 cm³/mol. The lowest BCUT2D eigenvalue weighted by Gasteiger charge is -2.24. The van der Waals surface area contributed by atoms with Gasteiger partial charge in [0.05, 0.1) is 21.1 Å². The van der Waals surface area contributed by atoms with E-state index in [0.717, 1.165) is 30.3 Å². The molecule has 0 aromatic rings. The van der Waals surface area contributed by atoms with E-state index in [1.54, 1.807) is 0 Å². The number of nitrogens with zero attached hydrogens (tertiary/aromatic N) is 1. The van der Waals surface area contributed by atoms with Crippen molar-refractivity contribution >= 4 is 7.60 Å². The van der Waals surface area contributed by atoms with Crippen LogP contribution in [0.5, 0.6) is 0 Å².